The number of pyridine rings is 1. The van der Waals surface area contributed by atoms with Crippen LogP contribution in [0.15, 0.2) is 47.6 Å². The third kappa shape index (κ3) is 3.64. The predicted molar refractivity (Wildman–Crippen MR) is 71.5 cm³/mol. The van der Waals surface area contributed by atoms with Crippen LogP contribution in [0.25, 0.3) is 0 Å². The minimum Gasteiger partial charge on any atom is -0.280 e. The first-order chi connectivity index (χ1) is 9.70. The molecule has 112 valence electrons. The maximum Gasteiger partial charge on any atom is 0.416 e. The Morgan fingerprint density at radius 1 is 1.10 bits per heavy atom. The number of hydrogen-bond donors (Lipinski definition) is 1. The maximum absolute atomic E-state index is 12.4. The summed E-state index contributed by atoms with van der Waals surface area (Å²) in [5, 5.41) is -0.0376. The molecule has 0 saturated carbocycles. The number of alkyl halides is 3. The highest BCUT2D eigenvalue weighted by molar-refractivity contribution is 7.92. The summed E-state index contributed by atoms with van der Waals surface area (Å²) in [7, 11) is -4.02. The van der Waals surface area contributed by atoms with Crippen LogP contribution in [-0.4, -0.2) is 13.4 Å². The van der Waals surface area contributed by atoms with E-state index < -0.39 is 21.8 Å². The quantitative estimate of drug-likeness (QED) is 0.932. The normalized spacial score (nSPS) is 12.2. The summed E-state index contributed by atoms with van der Waals surface area (Å²) in [6.07, 6.45) is -2.11. The van der Waals surface area contributed by atoms with E-state index in [2.05, 4.69) is 9.71 Å². The van der Waals surface area contributed by atoms with Gasteiger partial charge in [0, 0.05) is 18.1 Å². The molecule has 1 aromatic heterocycles. The standard InChI is InChI=1S/C12H8ClF3N2O2S/c13-10-5-6-17-7-11(10)21(19,20)18-9-3-1-8(2-4-9)12(14,15)16/h1-7,18H. The summed E-state index contributed by atoms with van der Waals surface area (Å²) in [4.78, 5) is 3.39. The van der Waals surface area contributed by atoms with Crippen molar-refractivity contribution in [1.29, 1.82) is 0 Å². The fourth-order valence-corrected chi connectivity index (χ4v) is 2.99. The van der Waals surface area contributed by atoms with Gasteiger partial charge in [0.15, 0.2) is 0 Å². The zero-order valence-electron chi connectivity index (χ0n) is 10.2. The molecular formula is C12H8ClF3N2O2S. The van der Waals surface area contributed by atoms with Crippen molar-refractivity contribution in [1.82, 2.24) is 4.98 Å². The average Bonchev–Trinajstić information content (AvgIpc) is 2.38. The molecule has 0 fully saturated rings. The first-order valence-electron chi connectivity index (χ1n) is 5.50. The van der Waals surface area contributed by atoms with Gasteiger partial charge in [-0.15, -0.1) is 0 Å². The molecule has 0 aliphatic rings. The summed E-state index contributed by atoms with van der Waals surface area (Å²) in [6, 6.07) is 4.89. The van der Waals surface area contributed by atoms with Gasteiger partial charge in [-0.2, -0.15) is 13.2 Å². The average molecular weight is 337 g/mol. The summed E-state index contributed by atoms with van der Waals surface area (Å²) in [6.45, 7) is 0. The van der Waals surface area contributed by atoms with E-state index in [0.29, 0.717) is 0 Å². The zero-order valence-corrected chi connectivity index (χ0v) is 11.8. The van der Waals surface area contributed by atoms with E-state index in [9.17, 15) is 21.6 Å². The van der Waals surface area contributed by atoms with Crippen molar-refractivity contribution in [3.05, 3.63) is 53.3 Å². The van der Waals surface area contributed by atoms with E-state index in [1.807, 2.05) is 0 Å². The Hall–Kier alpha value is -1.80. The molecule has 2 rings (SSSR count). The number of aromatic nitrogens is 1. The second kappa shape index (κ2) is 5.53. The Morgan fingerprint density at radius 3 is 2.24 bits per heavy atom. The van der Waals surface area contributed by atoms with Crippen LogP contribution >= 0.6 is 11.6 Å². The number of benzene rings is 1. The first-order valence-corrected chi connectivity index (χ1v) is 7.36. The lowest BCUT2D eigenvalue weighted by Crippen LogP contribution is -2.14. The molecule has 0 saturated heterocycles. The highest BCUT2D eigenvalue weighted by Gasteiger charge is 2.30. The van der Waals surface area contributed by atoms with E-state index in [1.165, 1.54) is 12.3 Å². The molecule has 0 unspecified atom stereocenters. The number of nitrogens with one attached hydrogen (secondary N) is 1. The van der Waals surface area contributed by atoms with Gasteiger partial charge in [-0.05, 0) is 30.3 Å². The second-order valence-electron chi connectivity index (χ2n) is 3.99. The fraction of sp³-hybridized carbons (Fsp3) is 0.0833. The minimum atomic E-state index is -4.48. The Labute approximate surface area is 123 Å². The zero-order chi connectivity index (χ0) is 15.7. The van der Waals surface area contributed by atoms with Crippen molar-refractivity contribution in [3.8, 4) is 0 Å². The molecular weight excluding hydrogens is 329 g/mol. The van der Waals surface area contributed by atoms with E-state index in [0.717, 1.165) is 30.5 Å². The van der Waals surface area contributed by atoms with Crippen molar-refractivity contribution in [2.75, 3.05) is 4.72 Å². The SMILES string of the molecule is O=S(=O)(Nc1ccc(C(F)(F)F)cc1)c1cnccc1Cl. The highest BCUT2D eigenvalue weighted by Crippen LogP contribution is 2.30. The van der Waals surface area contributed by atoms with Crippen LogP contribution in [0.2, 0.25) is 5.02 Å². The molecule has 0 spiro atoms. The van der Waals surface area contributed by atoms with Gasteiger partial charge in [0.2, 0.25) is 0 Å². The van der Waals surface area contributed by atoms with Crippen LogP contribution in [0.4, 0.5) is 18.9 Å². The predicted octanol–water partition coefficient (Wildman–Crippen LogP) is 3.55. The van der Waals surface area contributed by atoms with Gasteiger partial charge in [-0.25, -0.2) is 8.42 Å². The summed E-state index contributed by atoms with van der Waals surface area (Å²) >= 11 is 5.75. The number of anilines is 1. The van der Waals surface area contributed by atoms with E-state index in [4.69, 9.17) is 11.6 Å². The fourth-order valence-electron chi connectivity index (χ4n) is 1.50. The lowest BCUT2D eigenvalue weighted by Gasteiger charge is -2.10. The number of halogens is 4. The lowest BCUT2D eigenvalue weighted by molar-refractivity contribution is -0.137. The van der Waals surface area contributed by atoms with Crippen molar-refractivity contribution in [3.63, 3.8) is 0 Å². The molecule has 0 radical (unpaired) electrons. The third-order valence-corrected chi connectivity index (χ3v) is 4.34. The van der Waals surface area contributed by atoms with Crippen LogP contribution in [0.1, 0.15) is 5.56 Å². The van der Waals surface area contributed by atoms with Crippen LogP contribution < -0.4 is 4.72 Å². The van der Waals surface area contributed by atoms with Crippen molar-refractivity contribution in [2.45, 2.75) is 11.1 Å². The summed E-state index contributed by atoms with van der Waals surface area (Å²) in [5.41, 5.74) is -0.882. The largest absolute Gasteiger partial charge is 0.416 e. The molecule has 0 atom stereocenters. The first kappa shape index (κ1) is 15.6. The second-order valence-corrected chi connectivity index (χ2v) is 6.04. The van der Waals surface area contributed by atoms with Gasteiger partial charge in [0.25, 0.3) is 10.0 Å². The monoisotopic (exact) mass is 336 g/mol. The Bertz CT molecular complexity index is 746. The molecule has 9 heteroatoms. The highest BCUT2D eigenvalue weighted by atomic mass is 35.5. The van der Waals surface area contributed by atoms with Crippen molar-refractivity contribution >= 4 is 27.3 Å². The molecule has 0 aliphatic heterocycles. The van der Waals surface area contributed by atoms with Crippen LogP contribution in [0, 0.1) is 0 Å². The minimum absolute atomic E-state index is 0.0112. The molecule has 0 amide bonds. The molecule has 1 heterocycles. The van der Waals surface area contributed by atoms with E-state index in [1.54, 1.807) is 0 Å². The van der Waals surface area contributed by atoms with Crippen LogP contribution in [-0.2, 0) is 16.2 Å². The van der Waals surface area contributed by atoms with Gasteiger partial charge in [-0.3, -0.25) is 9.71 Å². The van der Waals surface area contributed by atoms with Gasteiger partial charge in [-0.1, -0.05) is 11.6 Å². The molecule has 0 bridgehead atoms. The maximum atomic E-state index is 12.4. The Morgan fingerprint density at radius 2 is 1.71 bits per heavy atom. The van der Waals surface area contributed by atoms with Crippen molar-refractivity contribution < 1.29 is 21.6 Å². The van der Waals surface area contributed by atoms with Crippen LogP contribution in [0.3, 0.4) is 0 Å². The summed E-state index contributed by atoms with van der Waals surface area (Å²) in [5.74, 6) is 0. The molecule has 0 aliphatic carbocycles. The number of rotatable bonds is 3. The molecule has 21 heavy (non-hydrogen) atoms. The summed E-state index contributed by atoms with van der Waals surface area (Å²) < 4.78 is 63.5. The molecule has 4 nitrogen and oxygen atoms in total. The van der Waals surface area contributed by atoms with Crippen molar-refractivity contribution in [2.24, 2.45) is 0 Å². The lowest BCUT2D eigenvalue weighted by atomic mass is 10.2. The number of sulfonamides is 1. The number of nitrogens with zero attached hydrogens (tertiary/aromatic N) is 1. The van der Waals surface area contributed by atoms with Gasteiger partial charge >= 0.3 is 6.18 Å². The van der Waals surface area contributed by atoms with Gasteiger partial charge in [0.05, 0.1) is 10.6 Å². The Balaban J connectivity index is 2.28. The van der Waals surface area contributed by atoms with Crippen LogP contribution in [0.5, 0.6) is 0 Å². The van der Waals surface area contributed by atoms with E-state index in [-0.39, 0.29) is 15.6 Å². The third-order valence-electron chi connectivity index (χ3n) is 2.49. The molecule has 1 aromatic carbocycles. The molecule has 1 N–H and O–H groups in total. The smallest absolute Gasteiger partial charge is 0.280 e. The Kier molecular flexibility index (Phi) is 4.11. The molecule has 2 aromatic rings. The van der Waals surface area contributed by atoms with Gasteiger partial charge in [0.1, 0.15) is 4.90 Å². The van der Waals surface area contributed by atoms with Gasteiger partial charge < -0.3 is 0 Å². The van der Waals surface area contributed by atoms with E-state index >= 15 is 0 Å². The number of hydrogen-bond acceptors (Lipinski definition) is 3. The topological polar surface area (TPSA) is 59.1 Å².